The molecule has 0 aliphatic carbocycles. The summed E-state index contributed by atoms with van der Waals surface area (Å²) >= 11 is 0. The van der Waals surface area contributed by atoms with Gasteiger partial charge in [0.1, 0.15) is 5.82 Å². The standard InChI is InChI=1S/C13H25N5O/c1-9(6-5-7-10(2)14)13(19)18(4)8-12-15-11(3)16-17-12/h9-10H,5-8,14H2,1-4H3,(H,15,16,17). The van der Waals surface area contributed by atoms with Crippen LogP contribution in [0.2, 0.25) is 0 Å². The van der Waals surface area contributed by atoms with Crippen molar-refractivity contribution in [2.75, 3.05) is 7.05 Å². The third-order valence-electron chi connectivity index (χ3n) is 3.12. The van der Waals surface area contributed by atoms with Crippen LogP contribution in [0.4, 0.5) is 0 Å². The van der Waals surface area contributed by atoms with Crippen LogP contribution >= 0.6 is 0 Å². The molecule has 0 aliphatic heterocycles. The molecule has 0 bridgehead atoms. The quantitative estimate of drug-likeness (QED) is 0.777. The van der Waals surface area contributed by atoms with Gasteiger partial charge in [0.25, 0.3) is 0 Å². The molecule has 0 aromatic carbocycles. The van der Waals surface area contributed by atoms with Gasteiger partial charge in [-0.3, -0.25) is 9.89 Å². The van der Waals surface area contributed by atoms with Gasteiger partial charge in [-0.1, -0.05) is 13.3 Å². The number of aryl methyl sites for hydroxylation is 1. The Morgan fingerprint density at radius 3 is 2.63 bits per heavy atom. The zero-order chi connectivity index (χ0) is 14.4. The van der Waals surface area contributed by atoms with E-state index < -0.39 is 0 Å². The van der Waals surface area contributed by atoms with Gasteiger partial charge in [0.2, 0.25) is 5.91 Å². The maximum atomic E-state index is 12.2. The van der Waals surface area contributed by atoms with Crippen molar-refractivity contribution in [3.63, 3.8) is 0 Å². The maximum Gasteiger partial charge on any atom is 0.225 e. The van der Waals surface area contributed by atoms with E-state index in [-0.39, 0.29) is 17.9 Å². The van der Waals surface area contributed by atoms with Crippen molar-refractivity contribution < 1.29 is 4.79 Å². The summed E-state index contributed by atoms with van der Waals surface area (Å²) in [5, 5.41) is 6.81. The highest BCUT2D eigenvalue weighted by Crippen LogP contribution is 2.12. The molecule has 0 aliphatic rings. The van der Waals surface area contributed by atoms with Gasteiger partial charge in [0.15, 0.2) is 5.82 Å². The molecule has 6 nitrogen and oxygen atoms in total. The van der Waals surface area contributed by atoms with Crippen molar-refractivity contribution in [2.45, 2.75) is 52.6 Å². The van der Waals surface area contributed by atoms with Crippen molar-refractivity contribution in [2.24, 2.45) is 11.7 Å². The third kappa shape index (κ3) is 5.38. The highest BCUT2D eigenvalue weighted by Gasteiger charge is 2.18. The molecule has 3 N–H and O–H groups in total. The van der Waals surface area contributed by atoms with E-state index in [1.807, 2.05) is 20.8 Å². The predicted molar refractivity (Wildman–Crippen MR) is 74.3 cm³/mol. The second kappa shape index (κ2) is 7.23. The lowest BCUT2D eigenvalue weighted by atomic mass is 10.0. The maximum absolute atomic E-state index is 12.2. The lowest BCUT2D eigenvalue weighted by molar-refractivity contribution is -0.134. The van der Waals surface area contributed by atoms with Crippen molar-refractivity contribution in [1.29, 1.82) is 0 Å². The van der Waals surface area contributed by atoms with Crippen LogP contribution in [-0.2, 0) is 11.3 Å². The van der Waals surface area contributed by atoms with E-state index >= 15 is 0 Å². The molecule has 0 saturated heterocycles. The number of carbonyl (C=O) groups excluding carboxylic acids is 1. The molecule has 1 rings (SSSR count). The molecule has 1 aromatic heterocycles. The summed E-state index contributed by atoms with van der Waals surface area (Å²) in [5.74, 6) is 1.56. The summed E-state index contributed by atoms with van der Waals surface area (Å²) in [6, 6.07) is 0.205. The molecule has 2 unspecified atom stereocenters. The SMILES string of the molecule is Cc1nc(CN(C)C(=O)C(C)CCCC(C)N)n[nH]1. The zero-order valence-corrected chi connectivity index (χ0v) is 12.3. The molecule has 19 heavy (non-hydrogen) atoms. The summed E-state index contributed by atoms with van der Waals surface area (Å²) < 4.78 is 0. The number of nitrogens with zero attached hydrogens (tertiary/aromatic N) is 3. The fraction of sp³-hybridized carbons (Fsp3) is 0.769. The number of amides is 1. The van der Waals surface area contributed by atoms with Crippen molar-refractivity contribution in [1.82, 2.24) is 20.1 Å². The van der Waals surface area contributed by atoms with E-state index in [4.69, 9.17) is 5.73 Å². The number of aromatic nitrogens is 3. The van der Waals surface area contributed by atoms with Gasteiger partial charge in [0, 0.05) is 19.0 Å². The predicted octanol–water partition coefficient (Wildman–Crippen LogP) is 1.23. The summed E-state index contributed by atoms with van der Waals surface area (Å²) in [6.45, 7) is 6.24. The zero-order valence-electron chi connectivity index (χ0n) is 12.3. The van der Waals surface area contributed by atoms with Crippen molar-refractivity contribution in [3.8, 4) is 0 Å². The first-order chi connectivity index (χ1) is 8.90. The van der Waals surface area contributed by atoms with Crippen LogP contribution in [0.1, 0.15) is 44.8 Å². The Kier molecular flexibility index (Phi) is 5.95. The van der Waals surface area contributed by atoms with E-state index in [0.717, 1.165) is 25.1 Å². The lowest BCUT2D eigenvalue weighted by Gasteiger charge is -2.20. The summed E-state index contributed by atoms with van der Waals surface area (Å²) in [4.78, 5) is 18.0. The molecule has 0 fully saturated rings. The van der Waals surface area contributed by atoms with E-state index in [1.54, 1.807) is 11.9 Å². The smallest absolute Gasteiger partial charge is 0.225 e. The normalized spacial score (nSPS) is 14.2. The average Bonchev–Trinajstić information content (AvgIpc) is 2.73. The number of nitrogens with two attached hydrogens (primary N) is 1. The molecular weight excluding hydrogens is 242 g/mol. The molecule has 0 saturated carbocycles. The van der Waals surface area contributed by atoms with Gasteiger partial charge in [-0.2, -0.15) is 5.10 Å². The number of hydrogen-bond acceptors (Lipinski definition) is 4. The van der Waals surface area contributed by atoms with Crippen LogP contribution < -0.4 is 5.73 Å². The van der Waals surface area contributed by atoms with E-state index in [1.165, 1.54) is 0 Å². The minimum Gasteiger partial charge on any atom is -0.338 e. The van der Waals surface area contributed by atoms with Crippen LogP contribution in [0.15, 0.2) is 0 Å². The van der Waals surface area contributed by atoms with Crippen LogP contribution in [0.3, 0.4) is 0 Å². The molecular formula is C13H25N5O. The first-order valence-electron chi connectivity index (χ1n) is 6.78. The number of nitrogens with one attached hydrogen (secondary N) is 1. The fourth-order valence-electron chi connectivity index (χ4n) is 2.00. The van der Waals surface area contributed by atoms with Crippen LogP contribution in [-0.4, -0.2) is 39.1 Å². The first kappa shape index (κ1) is 15.6. The molecule has 1 aromatic rings. The van der Waals surface area contributed by atoms with Gasteiger partial charge in [0.05, 0.1) is 6.54 Å². The minimum absolute atomic E-state index is 0.0174. The second-order valence-electron chi connectivity index (χ2n) is 5.34. The molecule has 2 atom stereocenters. The molecule has 1 heterocycles. The van der Waals surface area contributed by atoms with Crippen LogP contribution in [0.25, 0.3) is 0 Å². The highest BCUT2D eigenvalue weighted by molar-refractivity contribution is 5.78. The molecule has 108 valence electrons. The fourth-order valence-corrected chi connectivity index (χ4v) is 2.00. The highest BCUT2D eigenvalue weighted by atomic mass is 16.2. The van der Waals surface area contributed by atoms with Crippen LogP contribution in [0, 0.1) is 12.8 Å². The topological polar surface area (TPSA) is 87.9 Å². The number of rotatable bonds is 7. The molecule has 6 heteroatoms. The lowest BCUT2D eigenvalue weighted by Crippen LogP contribution is -2.31. The monoisotopic (exact) mass is 267 g/mol. The molecule has 0 radical (unpaired) electrons. The number of carbonyl (C=O) groups is 1. The number of hydrogen-bond donors (Lipinski definition) is 2. The van der Waals surface area contributed by atoms with Gasteiger partial charge < -0.3 is 10.6 Å². The Bertz CT molecular complexity index is 401. The Morgan fingerprint density at radius 1 is 1.42 bits per heavy atom. The number of aromatic amines is 1. The van der Waals surface area contributed by atoms with Crippen molar-refractivity contribution >= 4 is 5.91 Å². The van der Waals surface area contributed by atoms with Gasteiger partial charge in [-0.05, 0) is 26.7 Å². The summed E-state index contributed by atoms with van der Waals surface area (Å²) in [6.07, 6.45) is 2.82. The minimum atomic E-state index is 0.0174. The van der Waals surface area contributed by atoms with Crippen LogP contribution in [0.5, 0.6) is 0 Å². The summed E-state index contributed by atoms with van der Waals surface area (Å²) in [5.41, 5.74) is 5.70. The van der Waals surface area contributed by atoms with Gasteiger partial charge >= 0.3 is 0 Å². The average molecular weight is 267 g/mol. The first-order valence-corrected chi connectivity index (χ1v) is 6.78. The Hall–Kier alpha value is -1.43. The Balaban J connectivity index is 2.38. The van der Waals surface area contributed by atoms with E-state index in [0.29, 0.717) is 12.4 Å². The second-order valence-corrected chi connectivity index (χ2v) is 5.34. The largest absolute Gasteiger partial charge is 0.338 e. The van der Waals surface area contributed by atoms with Gasteiger partial charge in [-0.25, -0.2) is 4.98 Å². The Labute approximate surface area is 114 Å². The van der Waals surface area contributed by atoms with E-state index in [2.05, 4.69) is 15.2 Å². The number of H-pyrrole nitrogens is 1. The van der Waals surface area contributed by atoms with E-state index in [9.17, 15) is 4.79 Å². The summed E-state index contributed by atoms with van der Waals surface area (Å²) in [7, 11) is 1.79. The molecule has 1 amide bonds. The third-order valence-corrected chi connectivity index (χ3v) is 3.12. The Morgan fingerprint density at radius 2 is 2.11 bits per heavy atom. The van der Waals surface area contributed by atoms with Crippen molar-refractivity contribution in [3.05, 3.63) is 11.6 Å². The van der Waals surface area contributed by atoms with Gasteiger partial charge in [-0.15, -0.1) is 0 Å². The molecule has 0 spiro atoms.